The van der Waals surface area contributed by atoms with Crippen molar-refractivity contribution in [1.82, 2.24) is 0 Å². The van der Waals surface area contributed by atoms with Crippen LogP contribution in [0.15, 0.2) is 0 Å². The van der Waals surface area contributed by atoms with E-state index in [0.717, 1.165) is 18.3 Å². The third-order valence-corrected chi connectivity index (χ3v) is 0.898. The highest BCUT2D eigenvalue weighted by atomic mass is 79.9. The zero-order valence-electron chi connectivity index (χ0n) is 3.89. The van der Waals surface area contributed by atoms with Crippen molar-refractivity contribution < 1.29 is 0 Å². The third-order valence-electron chi connectivity index (χ3n) is 0.338. The van der Waals surface area contributed by atoms with Gasteiger partial charge in [0.2, 0.25) is 0 Å². The van der Waals surface area contributed by atoms with Crippen LogP contribution in [0.5, 0.6) is 0 Å². The summed E-state index contributed by atoms with van der Waals surface area (Å²) >= 11 is 3.23. The van der Waals surface area contributed by atoms with Crippen LogP contribution in [0.3, 0.4) is 0 Å². The molecule has 0 aliphatic heterocycles. The van der Waals surface area contributed by atoms with Crippen molar-refractivity contribution in [2.75, 3.05) is 11.9 Å². The number of hydrogen-bond acceptors (Lipinski definition) is 1. The van der Waals surface area contributed by atoms with Gasteiger partial charge in [-0.2, -0.15) is 0 Å². The Hall–Kier alpha value is 1.40. The summed E-state index contributed by atoms with van der Waals surface area (Å²) in [4.78, 5) is 0. The first kappa shape index (κ1) is 15.8. The minimum absolute atomic E-state index is 0. The van der Waals surface area contributed by atoms with Crippen molar-refractivity contribution in [2.24, 2.45) is 5.73 Å². The van der Waals surface area contributed by atoms with Crippen molar-refractivity contribution in [2.45, 2.75) is 6.42 Å². The summed E-state index contributed by atoms with van der Waals surface area (Å²) in [5, 5.41) is 1.03. The van der Waals surface area contributed by atoms with Gasteiger partial charge in [0.05, 0.1) is 0 Å². The molecular weight excluding hydrogens is 290 g/mol. The zero-order chi connectivity index (χ0) is 4.12. The second-order valence-electron chi connectivity index (χ2n) is 0.831. The minimum atomic E-state index is 0. The molecule has 0 fully saturated rings. The van der Waals surface area contributed by atoms with Crippen LogP contribution < -0.4 is 5.73 Å². The van der Waals surface area contributed by atoms with Crippen LogP contribution in [0.2, 0.25) is 0 Å². The Morgan fingerprint density at radius 3 is 1.71 bits per heavy atom. The molecule has 7 heavy (non-hydrogen) atoms. The van der Waals surface area contributed by atoms with Gasteiger partial charge in [-0.25, -0.2) is 0 Å². The third kappa shape index (κ3) is 18.7. The fourth-order valence-corrected chi connectivity index (χ4v) is 0.401. The van der Waals surface area contributed by atoms with Gasteiger partial charge in [-0.1, -0.05) is 15.9 Å². The van der Waals surface area contributed by atoms with E-state index in [1.807, 2.05) is 0 Å². The quantitative estimate of drug-likeness (QED) is 0.774. The Bertz CT molecular complexity index is 17.7. The van der Waals surface area contributed by atoms with Crippen molar-refractivity contribution in [3.63, 3.8) is 0 Å². The molecule has 0 aliphatic carbocycles. The second kappa shape index (κ2) is 15.7. The van der Waals surface area contributed by atoms with Crippen molar-refractivity contribution in [1.29, 1.82) is 0 Å². The molecule has 0 spiro atoms. The number of alkyl halides is 1. The first-order valence-electron chi connectivity index (χ1n) is 1.68. The second-order valence-corrected chi connectivity index (χ2v) is 1.62. The van der Waals surface area contributed by atoms with E-state index in [9.17, 15) is 0 Å². The lowest BCUT2D eigenvalue weighted by molar-refractivity contribution is 0.949. The molecule has 0 heterocycles. The maximum atomic E-state index is 5.11. The Morgan fingerprint density at radius 2 is 1.71 bits per heavy atom. The predicted octanol–water partition coefficient (Wildman–Crippen LogP) is 1.89. The average Bonchev–Trinajstić information content (AvgIpc) is 1.41. The van der Waals surface area contributed by atoms with Crippen LogP contribution in [-0.2, 0) is 0 Å². The van der Waals surface area contributed by atoms with E-state index in [0.29, 0.717) is 0 Å². The average molecular weight is 300 g/mol. The SMILES string of the molecule is Br.Br.NCCCBr. The lowest BCUT2D eigenvalue weighted by Crippen LogP contribution is -1.97. The van der Waals surface area contributed by atoms with Gasteiger partial charge in [-0.15, -0.1) is 34.0 Å². The topological polar surface area (TPSA) is 26.0 Å². The molecule has 0 aromatic carbocycles. The standard InChI is InChI=1S/C3H8BrN.2BrH/c4-2-1-3-5;;/h1-3,5H2;2*1H. The molecule has 0 aliphatic rings. The van der Waals surface area contributed by atoms with E-state index in [-0.39, 0.29) is 34.0 Å². The summed E-state index contributed by atoms with van der Waals surface area (Å²) in [5.74, 6) is 0. The molecule has 2 N–H and O–H groups in total. The van der Waals surface area contributed by atoms with Gasteiger partial charge in [0.25, 0.3) is 0 Å². The van der Waals surface area contributed by atoms with Gasteiger partial charge in [0.15, 0.2) is 0 Å². The maximum Gasteiger partial charge on any atom is 0.00433 e. The molecule has 0 aromatic heterocycles. The van der Waals surface area contributed by atoms with Crippen LogP contribution in [-0.4, -0.2) is 11.9 Å². The first-order chi connectivity index (χ1) is 2.41. The highest BCUT2D eigenvalue weighted by molar-refractivity contribution is 9.09. The summed E-state index contributed by atoms with van der Waals surface area (Å²) in [5.41, 5.74) is 5.11. The monoisotopic (exact) mass is 297 g/mol. The Morgan fingerprint density at radius 1 is 1.29 bits per heavy atom. The molecule has 1 nitrogen and oxygen atoms in total. The van der Waals surface area contributed by atoms with Crippen LogP contribution in [0.25, 0.3) is 0 Å². The summed E-state index contributed by atoms with van der Waals surface area (Å²) in [6, 6.07) is 0. The highest BCUT2D eigenvalue weighted by Gasteiger charge is 1.69. The molecule has 0 unspecified atom stereocenters. The summed E-state index contributed by atoms with van der Waals surface area (Å²) in [6.07, 6.45) is 1.08. The lowest BCUT2D eigenvalue weighted by atomic mass is 10.5. The zero-order valence-corrected chi connectivity index (χ0v) is 8.91. The van der Waals surface area contributed by atoms with Crippen LogP contribution in [0, 0.1) is 0 Å². The van der Waals surface area contributed by atoms with Crippen molar-refractivity contribution >= 4 is 49.9 Å². The Labute approximate surface area is 73.7 Å². The first-order valence-corrected chi connectivity index (χ1v) is 2.80. The maximum absolute atomic E-state index is 5.11. The molecule has 0 aromatic rings. The van der Waals surface area contributed by atoms with Crippen LogP contribution >= 0.6 is 49.9 Å². The normalized spacial score (nSPS) is 6.00. The Balaban J connectivity index is -0.0000000800. The van der Waals surface area contributed by atoms with E-state index in [2.05, 4.69) is 15.9 Å². The van der Waals surface area contributed by atoms with E-state index in [1.54, 1.807) is 0 Å². The van der Waals surface area contributed by atoms with Crippen molar-refractivity contribution in [3.8, 4) is 0 Å². The van der Waals surface area contributed by atoms with Gasteiger partial charge in [0.1, 0.15) is 0 Å². The molecule has 0 radical (unpaired) electrons. The van der Waals surface area contributed by atoms with E-state index in [4.69, 9.17) is 5.73 Å². The highest BCUT2D eigenvalue weighted by Crippen LogP contribution is 1.80. The van der Waals surface area contributed by atoms with Gasteiger partial charge in [-0.05, 0) is 13.0 Å². The number of hydrogen-bond donors (Lipinski definition) is 1. The van der Waals surface area contributed by atoms with E-state index < -0.39 is 0 Å². The van der Waals surface area contributed by atoms with Crippen LogP contribution in [0.1, 0.15) is 6.42 Å². The van der Waals surface area contributed by atoms with E-state index in [1.165, 1.54) is 0 Å². The summed E-state index contributed by atoms with van der Waals surface area (Å²) in [7, 11) is 0. The van der Waals surface area contributed by atoms with Gasteiger partial charge >= 0.3 is 0 Å². The number of rotatable bonds is 2. The summed E-state index contributed by atoms with van der Waals surface area (Å²) in [6.45, 7) is 0.797. The fourth-order valence-electron chi connectivity index (χ4n) is 0.0772. The number of nitrogens with two attached hydrogens (primary N) is 1. The largest absolute Gasteiger partial charge is 0.330 e. The molecule has 0 saturated carbocycles. The lowest BCUT2D eigenvalue weighted by Gasteiger charge is -1.78. The molecule has 4 heteroatoms. The molecule has 0 amide bonds. The Kier molecular flexibility index (Phi) is 35.3. The number of halogens is 3. The van der Waals surface area contributed by atoms with Gasteiger partial charge < -0.3 is 5.73 Å². The van der Waals surface area contributed by atoms with Gasteiger partial charge in [0, 0.05) is 5.33 Å². The molecule has 0 atom stereocenters. The molecule has 0 rings (SSSR count). The molecule has 48 valence electrons. The smallest absolute Gasteiger partial charge is 0.00433 e. The summed E-state index contributed by atoms with van der Waals surface area (Å²) < 4.78 is 0. The molecule has 0 saturated heterocycles. The van der Waals surface area contributed by atoms with Gasteiger partial charge in [-0.3, -0.25) is 0 Å². The molecular formula is C3H10Br3N. The van der Waals surface area contributed by atoms with E-state index >= 15 is 0 Å². The minimum Gasteiger partial charge on any atom is -0.330 e. The van der Waals surface area contributed by atoms with Crippen LogP contribution in [0.4, 0.5) is 0 Å². The predicted molar refractivity (Wildman–Crippen MR) is 48.1 cm³/mol. The van der Waals surface area contributed by atoms with Crippen molar-refractivity contribution in [3.05, 3.63) is 0 Å². The molecule has 0 bridgehead atoms. The fraction of sp³-hybridized carbons (Fsp3) is 1.00.